The Hall–Kier alpha value is -0.870. The Bertz CT molecular complexity index is 437. The van der Waals surface area contributed by atoms with E-state index in [0.29, 0.717) is 6.42 Å². The van der Waals surface area contributed by atoms with Gasteiger partial charge in [0.2, 0.25) is 0 Å². The highest BCUT2D eigenvalue weighted by atomic mass is 32.2. The summed E-state index contributed by atoms with van der Waals surface area (Å²) in [6.45, 7) is 3.84. The molecule has 3 nitrogen and oxygen atoms in total. The van der Waals surface area contributed by atoms with Gasteiger partial charge in [-0.3, -0.25) is 0 Å². The summed E-state index contributed by atoms with van der Waals surface area (Å²) in [7, 11) is -3.10. The number of hydrogen-bond donors (Lipinski definition) is 1. The quantitative estimate of drug-likeness (QED) is 0.874. The Morgan fingerprint density at radius 2 is 1.75 bits per heavy atom. The number of rotatable bonds is 4. The summed E-state index contributed by atoms with van der Waals surface area (Å²) in [4.78, 5) is 0. The minimum Gasteiger partial charge on any atom is -0.323 e. The van der Waals surface area contributed by atoms with Gasteiger partial charge in [-0.25, -0.2) is 8.42 Å². The van der Waals surface area contributed by atoms with Crippen LogP contribution in [0.2, 0.25) is 0 Å². The van der Waals surface area contributed by atoms with Crippen molar-refractivity contribution >= 4 is 9.84 Å². The lowest BCUT2D eigenvalue weighted by molar-refractivity contribution is 0.553. The van der Waals surface area contributed by atoms with Gasteiger partial charge in [0.1, 0.15) is 0 Å². The molecule has 2 atom stereocenters. The van der Waals surface area contributed by atoms with E-state index in [-0.39, 0.29) is 0 Å². The van der Waals surface area contributed by atoms with Crippen LogP contribution < -0.4 is 5.73 Å². The number of sulfone groups is 1. The molecule has 16 heavy (non-hydrogen) atoms. The van der Waals surface area contributed by atoms with E-state index in [4.69, 9.17) is 5.73 Å². The first-order chi connectivity index (χ1) is 7.36. The molecule has 0 bridgehead atoms. The lowest BCUT2D eigenvalue weighted by Gasteiger charge is -2.21. The SMILES string of the molecule is CC[C@H]([C@H](N)c1ccc(C)cc1)S(C)(=O)=O. The van der Waals surface area contributed by atoms with Gasteiger partial charge in [0.05, 0.1) is 5.25 Å². The zero-order valence-corrected chi connectivity index (χ0v) is 10.8. The van der Waals surface area contributed by atoms with Gasteiger partial charge in [-0.15, -0.1) is 0 Å². The van der Waals surface area contributed by atoms with Crippen LogP contribution in [0.25, 0.3) is 0 Å². The summed E-state index contributed by atoms with van der Waals surface area (Å²) in [5, 5.41) is -0.504. The molecule has 0 unspecified atom stereocenters. The van der Waals surface area contributed by atoms with E-state index >= 15 is 0 Å². The predicted molar refractivity (Wildman–Crippen MR) is 67.0 cm³/mol. The van der Waals surface area contributed by atoms with Crippen molar-refractivity contribution in [2.24, 2.45) is 5.73 Å². The summed E-state index contributed by atoms with van der Waals surface area (Å²) in [5.41, 5.74) is 8.03. The van der Waals surface area contributed by atoms with E-state index in [1.54, 1.807) is 0 Å². The zero-order valence-electron chi connectivity index (χ0n) is 9.97. The smallest absolute Gasteiger partial charge is 0.152 e. The van der Waals surface area contributed by atoms with Gasteiger partial charge in [0.15, 0.2) is 9.84 Å². The lowest BCUT2D eigenvalue weighted by Crippen LogP contribution is -2.32. The topological polar surface area (TPSA) is 60.2 Å². The van der Waals surface area contributed by atoms with Crippen molar-refractivity contribution < 1.29 is 8.42 Å². The van der Waals surface area contributed by atoms with Gasteiger partial charge < -0.3 is 5.73 Å². The molecule has 0 radical (unpaired) electrons. The van der Waals surface area contributed by atoms with Gasteiger partial charge in [-0.1, -0.05) is 36.8 Å². The van der Waals surface area contributed by atoms with E-state index in [9.17, 15) is 8.42 Å². The monoisotopic (exact) mass is 241 g/mol. The molecule has 0 saturated heterocycles. The minimum atomic E-state index is -3.10. The highest BCUT2D eigenvalue weighted by Gasteiger charge is 2.26. The summed E-state index contributed by atoms with van der Waals surface area (Å²) in [6, 6.07) is 7.25. The van der Waals surface area contributed by atoms with Gasteiger partial charge in [0.25, 0.3) is 0 Å². The molecular weight excluding hydrogens is 222 g/mol. The van der Waals surface area contributed by atoms with Crippen molar-refractivity contribution in [3.63, 3.8) is 0 Å². The van der Waals surface area contributed by atoms with Crippen molar-refractivity contribution in [3.8, 4) is 0 Å². The normalized spacial score (nSPS) is 15.8. The number of hydrogen-bond acceptors (Lipinski definition) is 3. The largest absolute Gasteiger partial charge is 0.323 e. The van der Waals surface area contributed by atoms with Gasteiger partial charge in [-0.05, 0) is 18.9 Å². The first-order valence-electron chi connectivity index (χ1n) is 5.37. The maximum Gasteiger partial charge on any atom is 0.152 e. The van der Waals surface area contributed by atoms with Crippen molar-refractivity contribution in [1.29, 1.82) is 0 Å². The van der Waals surface area contributed by atoms with Crippen LogP contribution in [0.5, 0.6) is 0 Å². The van der Waals surface area contributed by atoms with Crippen molar-refractivity contribution in [3.05, 3.63) is 35.4 Å². The number of nitrogens with two attached hydrogens (primary N) is 1. The van der Waals surface area contributed by atoms with Crippen LogP contribution in [0.1, 0.15) is 30.5 Å². The van der Waals surface area contributed by atoms with E-state index in [2.05, 4.69) is 0 Å². The van der Waals surface area contributed by atoms with E-state index in [0.717, 1.165) is 11.1 Å². The third-order valence-electron chi connectivity index (χ3n) is 2.82. The third kappa shape index (κ3) is 3.06. The molecule has 0 aromatic heterocycles. The van der Waals surface area contributed by atoms with Crippen LogP contribution in [0.3, 0.4) is 0 Å². The molecule has 0 heterocycles. The molecule has 1 rings (SSSR count). The molecule has 0 amide bonds. The average Bonchev–Trinajstić information content (AvgIpc) is 2.17. The molecule has 0 fully saturated rings. The molecule has 0 aliphatic carbocycles. The Balaban J connectivity index is 3.00. The Morgan fingerprint density at radius 1 is 1.25 bits per heavy atom. The van der Waals surface area contributed by atoms with Crippen LogP contribution in [0, 0.1) is 6.92 Å². The molecule has 0 aliphatic heterocycles. The maximum atomic E-state index is 11.6. The molecule has 90 valence electrons. The lowest BCUT2D eigenvalue weighted by atomic mass is 10.0. The van der Waals surface area contributed by atoms with E-state index < -0.39 is 21.1 Å². The highest BCUT2D eigenvalue weighted by molar-refractivity contribution is 7.91. The van der Waals surface area contributed by atoms with E-state index in [1.165, 1.54) is 6.26 Å². The van der Waals surface area contributed by atoms with Crippen LogP contribution in [-0.2, 0) is 9.84 Å². The molecule has 1 aromatic rings. The van der Waals surface area contributed by atoms with Crippen LogP contribution >= 0.6 is 0 Å². The van der Waals surface area contributed by atoms with E-state index in [1.807, 2.05) is 38.1 Å². The molecule has 0 spiro atoms. The molecule has 2 N–H and O–H groups in total. The highest BCUT2D eigenvalue weighted by Crippen LogP contribution is 2.22. The Labute approximate surface area is 97.6 Å². The fraction of sp³-hybridized carbons (Fsp3) is 0.500. The average molecular weight is 241 g/mol. The third-order valence-corrected chi connectivity index (χ3v) is 4.54. The van der Waals surface area contributed by atoms with Crippen molar-refractivity contribution in [2.45, 2.75) is 31.6 Å². The standard InChI is InChI=1S/C12H19NO2S/c1-4-11(16(3,14)15)12(13)10-7-5-9(2)6-8-10/h5-8,11-12H,4,13H2,1-3H3/t11-,12-/m1/s1. The Kier molecular flexibility index (Phi) is 4.10. The first-order valence-corrected chi connectivity index (χ1v) is 7.32. The first kappa shape index (κ1) is 13.2. The van der Waals surface area contributed by atoms with Crippen LogP contribution in [-0.4, -0.2) is 19.9 Å². The van der Waals surface area contributed by atoms with Crippen molar-refractivity contribution in [2.75, 3.05) is 6.26 Å². The second-order valence-corrected chi connectivity index (χ2v) is 6.48. The fourth-order valence-corrected chi connectivity index (χ4v) is 3.12. The second-order valence-electron chi connectivity index (χ2n) is 4.21. The summed E-state index contributed by atoms with van der Waals surface area (Å²) in [5.74, 6) is 0. The Morgan fingerprint density at radius 3 is 2.12 bits per heavy atom. The van der Waals surface area contributed by atoms with Crippen molar-refractivity contribution in [1.82, 2.24) is 0 Å². The molecule has 1 aromatic carbocycles. The van der Waals surface area contributed by atoms with Crippen LogP contribution in [0.15, 0.2) is 24.3 Å². The summed E-state index contributed by atoms with van der Waals surface area (Å²) in [6.07, 6.45) is 1.78. The summed E-state index contributed by atoms with van der Waals surface area (Å²) < 4.78 is 23.1. The van der Waals surface area contributed by atoms with Gasteiger partial charge >= 0.3 is 0 Å². The molecule has 4 heteroatoms. The number of benzene rings is 1. The predicted octanol–water partition coefficient (Wildman–Crippen LogP) is 1.82. The minimum absolute atomic E-state index is 0.444. The summed E-state index contributed by atoms with van der Waals surface area (Å²) >= 11 is 0. The zero-order chi connectivity index (χ0) is 12.3. The van der Waals surface area contributed by atoms with Crippen LogP contribution in [0.4, 0.5) is 0 Å². The fourth-order valence-electron chi connectivity index (χ4n) is 1.83. The molecule has 0 saturated carbocycles. The second kappa shape index (κ2) is 4.97. The number of aryl methyl sites for hydroxylation is 1. The molecular formula is C12H19NO2S. The van der Waals surface area contributed by atoms with Gasteiger partial charge in [0, 0.05) is 12.3 Å². The molecule has 0 aliphatic rings. The maximum absolute atomic E-state index is 11.6. The van der Waals surface area contributed by atoms with Gasteiger partial charge in [-0.2, -0.15) is 0 Å².